The van der Waals surface area contributed by atoms with Crippen LogP contribution in [0.15, 0.2) is 35.5 Å². The quantitative estimate of drug-likeness (QED) is 0.864. The molecule has 0 fully saturated rings. The van der Waals surface area contributed by atoms with Gasteiger partial charge in [0.05, 0.1) is 16.9 Å². The van der Waals surface area contributed by atoms with E-state index < -0.39 is 28.4 Å². The molecule has 0 bridgehead atoms. The first-order valence-electron chi connectivity index (χ1n) is 5.50. The van der Waals surface area contributed by atoms with Crippen molar-refractivity contribution in [2.75, 3.05) is 4.72 Å². The van der Waals surface area contributed by atoms with Gasteiger partial charge >= 0.3 is 5.97 Å². The number of anilines is 1. The number of hydrogen-bond donors (Lipinski definition) is 2. The van der Waals surface area contributed by atoms with E-state index >= 15 is 0 Å². The summed E-state index contributed by atoms with van der Waals surface area (Å²) in [6.07, 6.45) is 1.99. The summed E-state index contributed by atoms with van der Waals surface area (Å²) in [7, 11) is -4.09. The van der Waals surface area contributed by atoms with Crippen molar-refractivity contribution in [1.82, 2.24) is 9.78 Å². The molecular formula is C11H9ClFN3O4S. The Morgan fingerprint density at radius 2 is 2.19 bits per heavy atom. The number of rotatable bonds is 5. The molecule has 0 radical (unpaired) electrons. The van der Waals surface area contributed by atoms with Crippen LogP contribution in [0.5, 0.6) is 0 Å². The molecule has 21 heavy (non-hydrogen) atoms. The summed E-state index contributed by atoms with van der Waals surface area (Å²) >= 11 is 5.56. The third-order valence-corrected chi connectivity index (χ3v) is 4.03. The SMILES string of the molecule is O=C(O)Cn1cc(S(=O)(=O)Nc2cccc(Cl)c2F)cn1. The molecule has 0 amide bonds. The van der Waals surface area contributed by atoms with Crippen LogP contribution < -0.4 is 4.72 Å². The van der Waals surface area contributed by atoms with Crippen LogP contribution in [0.1, 0.15) is 0 Å². The first-order chi connectivity index (χ1) is 9.79. The van der Waals surface area contributed by atoms with Crippen LogP contribution in [0.3, 0.4) is 0 Å². The molecular weight excluding hydrogens is 325 g/mol. The zero-order valence-electron chi connectivity index (χ0n) is 10.3. The Bertz CT molecular complexity index is 791. The van der Waals surface area contributed by atoms with Gasteiger partial charge < -0.3 is 5.11 Å². The molecule has 0 aliphatic rings. The van der Waals surface area contributed by atoms with E-state index in [1.165, 1.54) is 18.2 Å². The number of aromatic nitrogens is 2. The summed E-state index contributed by atoms with van der Waals surface area (Å²) < 4.78 is 40.7. The van der Waals surface area contributed by atoms with E-state index in [-0.39, 0.29) is 15.6 Å². The number of carboxylic acid groups (broad SMARTS) is 1. The Balaban J connectivity index is 2.28. The number of aliphatic carboxylic acids is 1. The van der Waals surface area contributed by atoms with E-state index in [1.54, 1.807) is 0 Å². The topological polar surface area (TPSA) is 101 Å². The molecule has 0 atom stereocenters. The van der Waals surface area contributed by atoms with Gasteiger partial charge in [-0.05, 0) is 12.1 Å². The van der Waals surface area contributed by atoms with Crippen molar-refractivity contribution < 1.29 is 22.7 Å². The minimum Gasteiger partial charge on any atom is -0.480 e. The van der Waals surface area contributed by atoms with Gasteiger partial charge in [0.15, 0.2) is 5.82 Å². The van der Waals surface area contributed by atoms with Crippen molar-refractivity contribution in [2.45, 2.75) is 11.4 Å². The van der Waals surface area contributed by atoms with Gasteiger partial charge in [0.25, 0.3) is 10.0 Å². The van der Waals surface area contributed by atoms with Crippen molar-refractivity contribution in [3.8, 4) is 0 Å². The normalized spacial score (nSPS) is 11.3. The summed E-state index contributed by atoms with van der Waals surface area (Å²) in [5.74, 6) is -2.07. The highest BCUT2D eigenvalue weighted by Gasteiger charge is 2.19. The van der Waals surface area contributed by atoms with Crippen LogP contribution in [0, 0.1) is 5.82 Å². The van der Waals surface area contributed by atoms with Crippen molar-refractivity contribution >= 4 is 33.3 Å². The van der Waals surface area contributed by atoms with Crippen molar-refractivity contribution in [2.24, 2.45) is 0 Å². The molecule has 10 heteroatoms. The van der Waals surface area contributed by atoms with Gasteiger partial charge in [-0.2, -0.15) is 5.10 Å². The van der Waals surface area contributed by atoms with Gasteiger partial charge in [-0.25, -0.2) is 12.8 Å². The maximum absolute atomic E-state index is 13.7. The van der Waals surface area contributed by atoms with E-state index in [2.05, 4.69) is 5.10 Å². The second-order valence-electron chi connectivity index (χ2n) is 3.97. The van der Waals surface area contributed by atoms with Gasteiger partial charge in [-0.1, -0.05) is 17.7 Å². The highest BCUT2D eigenvalue weighted by atomic mass is 35.5. The molecule has 0 spiro atoms. The number of halogens is 2. The van der Waals surface area contributed by atoms with Crippen LogP contribution in [0.25, 0.3) is 0 Å². The van der Waals surface area contributed by atoms with E-state index in [0.717, 1.165) is 17.1 Å². The van der Waals surface area contributed by atoms with Gasteiger partial charge in [0, 0.05) is 6.20 Å². The minimum absolute atomic E-state index is 0.225. The molecule has 0 aliphatic carbocycles. The molecule has 0 saturated heterocycles. The third kappa shape index (κ3) is 3.50. The molecule has 2 rings (SSSR count). The fourth-order valence-corrected chi connectivity index (χ4v) is 2.68. The molecule has 1 aromatic carbocycles. The summed E-state index contributed by atoms with van der Waals surface area (Å²) in [6, 6.07) is 3.87. The maximum Gasteiger partial charge on any atom is 0.325 e. The summed E-state index contributed by atoms with van der Waals surface area (Å²) in [5.41, 5.74) is -0.312. The fourth-order valence-electron chi connectivity index (χ4n) is 1.49. The minimum atomic E-state index is -4.09. The van der Waals surface area contributed by atoms with Crippen molar-refractivity contribution in [3.05, 3.63) is 41.4 Å². The van der Waals surface area contributed by atoms with Gasteiger partial charge in [-0.3, -0.25) is 14.2 Å². The number of benzene rings is 1. The van der Waals surface area contributed by atoms with E-state index in [1.807, 2.05) is 4.72 Å². The summed E-state index contributed by atoms with van der Waals surface area (Å²) in [6.45, 7) is -0.485. The largest absolute Gasteiger partial charge is 0.480 e. The number of nitrogens with zero attached hydrogens (tertiary/aromatic N) is 2. The van der Waals surface area contributed by atoms with Crippen molar-refractivity contribution in [3.63, 3.8) is 0 Å². The van der Waals surface area contributed by atoms with Crippen LogP contribution in [0.4, 0.5) is 10.1 Å². The Labute approximate surface area is 124 Å². The average Bonchev–Trinajstić information content (AvgIpc) is 2.83. The highest BCUT2D eigenvalue weighted by Crippen LogP contribution is 2.24. The second-order valence-corrected chi connectivity index (χ2v) is 6.06. The first-order valence-corrected chi connectivity index (χ1v) is 7.37. The van der Waals surface area contributed by atoms with Crippen LogP contribution in [-0.2, 0) is 21.4 Å². The zero-order valence-corrected chi connectivity index (χ0v) is 11.9. The molecule has 1 heterocycles. The smallest absolute Gasteiger partial charge is 0.325 e. The van der Waals surface area contributed by atoms with Gasteiger partial charge in [0.1, 0.15) is 11.4 Å². The number of carbonyl (C=O) groups is 1. The molecule has 0 aliphatic heterocycles. The lowest BCUT2D eigenvalue weighted by molar-refractivity contribution is -0.137. The average molecular weight is 334 g/mol. The Kier molecular flexibility index (Phi) is 4.14. The van der Waals surface area contributed by atoms with E-state index in [9.17, 15) is 17.6 Å². The van der Waals surface area contributed by atoms with Crippen LogP contribution in [0.2, 0.25) is 5.02 Å². The zero-order chi connectivity index (χ0) is 15.6. The number of nitrogens with one attached hydrogen (secondary N) is 1. The Morgan fingerprint density at radius 3 is 2.86 bits per heavy atom. The molecule has 1 aromatic heterocycles. The first kappa shape index (κ1) is 15.3. The van der Waals surface area contributed by atoms with Gasteiger partial charge in [0.2, 0.25) is 0 Å². The second kappa shape index (κ2) is 5.70. The number of hydrogen-bond acceptors (Lipinski definition) is 4. The lowest BCUT2D eigenvalue weighted by Crippen LogP contribution is -2.14. The standard InChI is InChI=1S/C11H9ClFN3O4S/c12-8-2-1-3-9(11(8)13)15-21(19,20)7-4-14-16(5-7)6-10(17)18/h1-5,15H,6H2,(H,17,18). The van der Waals surface area contributed by atoms with Crippen LogP contribution in [-0.4, -0.2) is 29.3 Å². The van der Waals surface area contributed by atoms with Crippen LogP contribution >= 0.6 is 11.6 Å². The molecule has 0 saturated carbocycles. The summed E-state index contributed by atoms with van der Waals surface area (Å²) in [4.78, 5) is 10.2. The predicted octanol–water partition coefficient (Wildman–Crippen LogP) is 1.56. The number of sulfonamides is 1. The Morgan fingerprint density at radius 1 is 1.48 bits per heavy atom. The monoisotopic (exact) mass is 333 g/mol. The molecule has 2 N–H and O–H groups in total. The molecule has 112 valence electrons. The third-order valence-electron chi connectivity index (χ3n) is 2.41. The highest BCUT2D eigenvalue weighted by molar-refractivity contribution is 7.92. The van der Waals surface area contributed by atoms with E-state index in [0.29, 0.717) is 0 Å². The predicted molar refractivity (Wildman–Crippen MR) is 72.1 cm³/mol. The number of carboxylic acids is 1. The van der Waals surface area contributed by atoms with Gasteiger partial charge in [-0.15, -0.1) is 0 Å². The Hall–Kier alpha value is -2.13. The molecule has 7 nitrogen and oxygen atoms in total. The maximum atomic E-state index is 13.7. The summed E-state index contributed by atoms with van der Waals surface area (Å²) in [5, 5.41) is 12.0. The molecule has 2 aromatic rings. The van der Waals surface area contributed by atoms with Crippen molar-refractivity contribution in [1.29, 1.82) is 0 Å². The molecule has 0 unspecified atom stereocenters. The lowest BCUT2D eigenvalue weighted by Gasteiger charge is -2.07. The fraction of sp³-hybridized carbons (Fsp3) is 0.0909. The van der Waals surface area contributed by atoms with E-state index in [4.69, 9.17) is 16.7 Å². The lowest BCUT2D eigenvalue weighted by atomic mass is 10.3.